The van der Waals surface area contributed by atoms with Crippen molar-refractivity contribution >= 4 is 6.29 Å². The summed E-state index contributed by atoms with van der Waals surface area (Å²) in [6.07, 6.45) is 9.35. The summed E-state index contributed by atoms with van der Waals surface area (Å²) < 4.78 is 6.12. The highest BCUT2D eigenvalue weighted by molar-refractivity contribution is 5.48. The van der Waals surface area contributed by atoms with E-state index in [-0.39, 0.29) is 0 Å². The van der Waals surface area contributed by atoms with Crippen molar-refractivity contribution in [1.29, 1.82) is 0 Å². The minimum atomic E-state index is 0.472. The SMILES string of the molecule is CC1CCC(C(C)C)C(OCCCCCC=O)C1. The molecule has 0 aliphatic heterocycles. The Morgan fingerprint density at radius 2 is 2.00 bits per heavy atom. The Hall–Kier alpha value is -0.370. The van der Waals surface area contributed by atoms with Crippen molar-refractivity contribution in [2.75, 3.05) is 6.61 Å². The lowest BCUT2D eigenvalue weighted by atomic mass is 9.75. The molecule has 0 aromatic carbocycles. The second-order valence-corrected chi connectivity index (χ2v) is 6.25. The maximum Gasteiger partial charge on any atom is 0.119 e. The zero-order valence-corrected chi connectivity index (χ0v) is 12.4. The first kappa shape index (κ1) is 15.7. The van der Waals surface area contributed by atoms with Gasteiger partial charge in [0.15, 0.2) is 0 Å². The van der Waals surface area contributed by atoms with Gasteiger partial charge in [0.05, 0.1) is 6.10 Å². The Balaban J connectivity index is 2.22. The number of ether oxygens (including phenoxy) is 1. The molecule has 1 saturated carbocycles. The molecule has 0 radical (unpaired) electrons. The largest absolute Gasteiger partial charge is 0.378 e. The molecule has 0 aromatic rings. The molecule has 0 heterocycles. The quantitative estimate of drug-likeness (QED) is 0.479. The van der Waals surface area contributed by atoms with E-state index in [2.05, 4.69) is 20.8 Å². The minimum Gasteiger partial charge on any atom is -0.378 e. The first-order valence-corrected chi connectivity index (χ1v) is 7.70. The van der Waals surface area contributed by atoms with E-state index in [0.717, 1.165) is 49.9 Å². The average molecular weight is 254 g/mol. The van der Waals surface area contributed by atoms with Gasteiger partial charge in [0.1, 0.15) is 6.29 Å². The van der Waals surface area contributed by atoms with Crippen molar-refractivity contribution in [3.05, 3.63) is 0 Å². The molecule has 1 rings (SSSR count). The molecule has 106 valence electrons. The molecule has 0 saturated heterocycles. The second kappa shape index (κ2) is 8.68. The molecule has 1 fully saturated rings. The predicted molar refractivity (Wildman–Crippen MR) is 75.6 cm³/mol. The van der Waals surface area contributed by atoms with Gasteiger partial charge in [0, 0.05) is 13.0 Å². The topological polar surface area (TPSA) is 26.3 Å². The van der Waals surface area contributed by atoms with Crippen LogP contribution >= 0.6 is 0 Å². The summed E-state index contributed by atoms with van der Waals surface area (Å²) in [5.74, 6) is 2.30. The van der Waals surface area contributed by atoms with Gasteiger partial charge >= 0.3 is 0 Å². The highest BCUT2D eigenvalue weighted by Crippen LogP contribution is 2.35. The summed E-state index contributed by atoms with van der Waals surface area (Å²) in [5.41, 5.74) is 0. The van der Waals surface area contributed by atoms with Crippen molar-refractivity contribution in [2.45, 2.75) is 71.8 Å². The number of unbranched alkanes of at least 4 members (excludes halogenated alkanes) is 3. The molecule has 3 atom stereocenters. The Morgan fingerprint density at radius 3 is 2.67 bits per heavy atom. The first-order chi connectivity index (χ1) is 8.65. The summed E-state index contributed by atoms with van der Waals surface area (Å²) >= 11 is 0. The maximum absolute atomic E-state index is 10.2. The fourth-order valence-electron chi connectivity index (χ4n) is 3.05. The maximum atomic E-state index is 10.2. The van der Waals surface area contributed by atoms with Gasteiger partial charge in [-0.2, -0.15) is 0 Å². The fraction of sp³-hybridized carbons (Fsp3) is 0.938. The molecule has 0 amide bonds. The Kier molecular flexibility index (Phi) is 7.57. The van der Waals surface area contributed by atoms with E-state index in [1.165, 1.54) is 19.3 Å². The minimum absolute atomic E-state index is 0.472. The predicted octanol–water partition coefficient (Wildman–Crippen LogP) is 4.22. The zero-order valence-electron chi connectivity index (χ0n) is 12.4. The van der Waals surface area contributed by atoms with Crippen LogP contribution in [0.3, 0.4) is 0 Å². The molecule has 0 spiro atoms. The van der Waals surface area contributed by atoms with Gasteiger partial charge in [0.2, 0.25) is 0 Å². The number of carbonyl (C=O) groups is 1. The van der Waals surface area contributed by atoms with Crippen LogP contribution in [0.15, 0.2) is 0 Å². The van der Waals surface area contributed by atoms with Gasteiger partial charge in [-0.05, 0) is 43.4 Å². The Morgan fingerprint density at radius 1 is 1.22 bits per heavy atom. The lowest BCUT2D eigenvalue weighted by Crippen LogP contribution is -2.34. The van der Waals surface area contributed by atoms with Gasteiger partial charge in [0.25, 0.3) is 0 Å². The highest BCUT2D eigenvalue weighted by atomic mass is 16.5. The number of hydrogen-bond donors (Lipinski definition) is 0. The lowest BCUT2D eigenvalue weighted by Gasteiger charge is -2.37. The number of rotatable bonds is 8. The monoisotopic (exact) mass is 254 g/mol. The Bertz CT molecular complexity index is 225. The molecular weight excluding hydrogens is 224 g/mol. The van der Waals surface area contributed by atoms with E-state index >= 15 is 0 Å². The first-order valence-electron chi connectivity index (χ1n) is 7.70. The van der Waals surface area contributed by atoms with E-state index in [9.17, 15) is 4.79 Å². The normalized spacial score (nSPS) is 28.6. The van der Waals surface area contributed by atoms with Crippen LogP contribution in [0.25, 0.3) is 0 Å². The average Bonchev–Trinajstić information content (AvgIpc) is 2.33. The third kappa shape index (κ3) is 5.51. The van der Waals surface area contributed by atoms with E-state index in [4.69, 9.17) is 4.74 Å². The van der Waals surface area contributed by atoms with Crippen molar-refractivity contribution in [2.24, 2.45) is 17.8 Å². The van der Waals surface area contributed by atoms with Crippen LogP contribution in [0.1, 0.15) is 65.7 Å². The van der Waals surface area contributed by atoms with Crippen LogP contribution < -0.4 is 0 Å². The van der Waals surface area contributed by atoms with E-state index < -0.39 is 0 Å². The molecular formula is C16H30O2. The number of aldehydes is 1. The van der Waals surface area contributed by atoms with Crippen molar-refractivity contribution in [3.63, 3.8) is 0 Å². The van der Waals surface area contributed by atoms with Gasteiger partial charge < -0.3 is 9.53 Å². The molecule has 0 N–H and O–H groups in total. The summed E-state index contributed by atoms with van der Waals surface area (Å²) in [4.78, 5) is 10.2. The summed E-state index contributed by atoms with van der Waals surface area (Å²) in [6, 6.07) is 0. The molecule has 0 bridgehead atoms. The van der Waals surface area contributed by atoms with Crippen LogP contribution in [-0.2, 0) is 9.53 Å². The molecule has 3 unspecified atom stereocenters. The van der Waals surface area contributed by atoms with Crippen molar-refractivity contribution < 1.29 is 9.53 Å². The molecule has 1 aliphatic rings. The number of carbonyl (C=O) groups excluding carboxylic acids is 1. The number of hydrogen-bond acceptors (Lipinski definition) is 2. The van der Waals surface area contributed by atoms with E-state index in [0.29, 0.717) is 12.5 Å². The van der Waals surface area contributed by atoms with Crippen molar-refractivity contribution in [1.82, 2.24) is 0 Å². The third-order valence-corrected chi connectivity index (χ3v) is 4.26. The third-order valence-electron chi connectivity index (χ3n) is 4.26. The molecule has 1 aliphatic carbocycles. The Labute approximate surface area is 112 Å². The van der Waals surface area contributed by atoms with Gasteiger partial charge in [-0.3, -0.25) is 0 Å². The molecule has 18 heavy (non-hydrogen) atoms. The van der Waals surface area contributed by atoms with Gasteiger partial charge in [-0.1, -0.05) is 33.6 Å². The zero-order chi connectivity index (χ0) is 13.4. The highest BCUT2D eigenvalue weighted by Gasteiger charge is 2.31. The van der Waals surface area contributed by atoms with Crippen LogP contribution in [0, 0.1) is 17.8 Å². The molecule has 2 nitrogen and oxygen atoms in total. The van der Waals surface area contributed by atoms with Crippen molar-refractivity contribution in [3.8, 4) is 0 Å². The second-order valence-electron chi connectivity index (χ2n) is 6.25. The summed E-state index contributed by atoms with van der Waals surface area (Å²) in [5, 5.41) is 0. The molecule has 0 aromatic heterocycles. The van der Waals surface area contributed by atoms with Crippen LogP contribution in [0.5, 0.6) is 0 Å². The van der Waals surface area contributed by atoms with Gasteiger partial charge in [-0.15, -0.1) is 0 Å². The van der Waals surface area contributed by atoms with E-state index in [1.807, 2.05) is 0 Å². The fourth-order valence-corrected chi connectivity index (χ4v) is 3.05. The summed E-state index contributed by atoms with van der Waals surface area (Å²) in [6.45, 7) is 7.86. The van der Waals surface area contributed by atoms with Crippen LogP contribution in [0.4, 0.5) is 0 Å². The molecule has 2 heteroatoms. The van der Waals surface area contributed by atoms with Gasteiger partial charge in [-0.25, -0.2) is 0 Å². The van der Waals surface area contributed by atoms with Crippen LogP contribution in [-0.4, -0.2) is 19.0 Å². The standard InChI is InChI=1S/C16H30O2/c1-13(2)15-9-8-14(3)12-16(15)18-11-7-5-4-6-10-17/h10,13-16H,4-9,11-12H2,1-3H3. The van der Waals surface area contributed by atoms with E-state index in [1.54, 1.807) is 0 Å². The van der Waals surface area contributed by atoms with Crippen LogP contribution in [0.2, 0.25) is 0 Å². The smallest absolute Gasteiger partial charge is 0.119 e. The summed E-state index contributed by atoms with van der Waals surface area (Å²) in [7, 11) is 0. The lowest BCUT2D eigenvalue weighted by molar-refractivity contribution is -0.108.